The third-order valence-corrected chi connectivity index (χ3v) is 4.60. The molecule has 4 nitrogen and oxygen atoms in total. The van der Waals surface area contributed by atoms with Crippen LogP contribution in [0.25, 0.3) is 10.9 Å². The number of pyridine rings is 1. The smallest absolute Gasteiger partial charge is 0.416 e. The van der Waals surface area contributed by atoms with Crippen LogP contribution >= 0.6 is 0 Å². The fourth-order valence-corrected chi connectivity index (χ4v) is 2.90. The van der Waals surface area contributed by atoms with Gasteiger partial charge in [0.15, 0.2) is 0 Å². The Kier molecular flexibility index (Phi) is 4.66. The van der Waals surface area contributed by atoms with Gasteiger partial charge in [-0.15, -0.1) is 0 Å². The number of hydrogen-bond acceptors (Lipinski definition) is 3. The molecule has 1 N–H and O–H groups in total. The lowest BCUT2D eigenvalue weighted by molar-refractivity contribution is -0.137. The minimum absolute atomic E-state index is 0.144. The van der Waals surface area contributed by atoms with Crippen molar-refractivity contribution in [2.45, 2.75) is 19.0 Å². The summed E-state index contributed by atoms with van der Waals surface area (Å²) in [4.78, 5) is 17.1. The summed E-state index contributed by atoms with van der Waals surface area (Å²) in [5.41, 5.74) is -0.0599. The molecule has 0 spiro atoms. The molecule has 144 valence electrons. The predicted molar refractivity (Wildman–Crippen MR) is 99.4 cm³/mol. The number of nitrogens with zero attached hydrogens (tertiary/aromatic N) is 1. The molecule has 0 unspecified atom stereocenters. The third kappa shape index (κ3) is 3.93. The Bertz CT molecular complexity index is 1020. The van der Waals surface area contributed by atoms with E-state index in [-0.39, 0.29) is 11.3 Å². The molecule has 1 aliphatic rings. The molecule has 7 heteroatoms. The van der Waals surface area contributed by atoms with Crippen LogP contribution in [0.15, 0.2) is 54.7 Å². The van der Waals surface area contributed by atoms with Gasteiger partial charge in [0, 0.05) is 11.6 Å². The Morgan fingerprint density at radius 3 is 2.68 bits per heavy atom. The van der Waals surface area contributed by atoms with E-state index in [0.29, 0.717) is 23.7 Å². The summed E-state index contributed by atoms with van der Waals surface area (Å²) in [7, 11) is 0. The molecule has 0 bridgehead atoms. The van der Waals surface area contributed by atoms with Crippen LogP contribution in [0, 0.1) is 5.92 Å². The number of nitrogens with one attached hydrogen (secondary N) is 1. The number of amides is 1. The van der Waals surface area contributed by atoms with E-state index >= 15 is 0 Å². The first-order valence-corrected chi connectivity index (χ1v) is 8.91. The lowest BCUT2D eigenvalue weighted by Crippen LogP contribution is -2.16. The Balaban J connectivity index is 1.67. The lowest BCUT2D eigenvalue weighted by Gasteiger charge is -2.15. The van der Waals surface area contributed by atoms with Crippen LogP contribution in [0.5, 0.6) is 5.75 Å². The number of halogens is 3. The summed E-state index contributed by atoms with van der Waals surface area (Å²) < 4.78 is 45.1. The number of benzene rings is 2. The van der Waals surface area contributed by atoms with Gasteiger partial charge in [0.1, 0.15) is 5.75 Å². The highest BCUT2D eigenvalue weighted by atomic mass is 19.4. The maximum atomic E-state index is 13.1. The molecule has 28 heavy (non-hydrogen) atoms. The van der Waals surface area contributed by atoms with Crippen molar-refractivity contribution in [3.63, 3.8) is 0 Å². The second kappa shape index (κ2) is 7.14. The molecule has 0 saturated heterocycles. The molecule has 0 radical (unpaired) electrons. The summed E-state index contributed by atoms with van der Waals surface area (Å²) in [5, 5.41) is 3.49. The fourth-order valence-electron chi connectivity index (χ4n) is 2.90. The number of alkyl halides is 3. The quantitative estimate of drug-likeness (QED) is 0.648. The zero-order valence-corrected chi connectivity index (χ0v) is 14.8. The van der Waals surface area contributed by atoms with Crippen LogP contribution in [0.4, 0.5) is 18.9 Å². The summed E-state index contributed by atoms with van der Waals surface area (Å²) >= 11 is 0. The van der Waals surface area contributed by atoms with E-state index in [9.17, 15) is 18.0 Å². The van der Waals surface area contributed by atoms with Gasteiger partial charge in [0.25, 0.3) is 5.91 Å². The molecule has 4 rings (SSSR count). The number of anilines is 1. The highest BCUT2D eigenvalue weighted by molar-refractivity contribution is 6.09. The number of aromatic nitrogens is 1. The van der Waals surface area contributed by atoms with E-state index in [0.717, 1.165) is 30.4 Å². The molecule has 1 amide bonds. The normalized spacial score (nSPS) is 14.1. The number of carbonyl (C=O) groups excluding carboxylic acids is 1. The molecule has 0 aliphatic heterocycles. The van der Waals surface area contributed by atoms with Crippen LogP contribution in [-0.4, -0.2) is 17.5 Å². The molecule has 3 aromatic rings. The second-order valence-electron chi connectivity index (χ2n) is 6.80. The summed E-state index contributed by atoms with van der Waals surface area (Å²) in [6.07, 6.45) is -0.898. The van der Waals surface area contributed by atoms with Gasteiger partial charge >= 0.3 is 6.18 Å². The maximum Gasteiger partial charge on any atom is 0.416 e. The minimum Gasteiger partial charge on any atom is -0.492 e. The fraction of sp³-hybridized carbons (Fsp3) is 0.238. The minimum atomic E-state index is -4.55. The molecular weight excluding hydrogens is 369 g/mol. The van der Waals surface area contributed by atoms with E-state index in [4.69, 9.17) is 4.74 Å². The number of rotatable bonds is 5. The zero-order valence-electron chi connectivity index (χ0n) is 14.8. The highest BCUT2D eigenvalue weighted by Crippen LogP contribution is 2.35. The topological polar surface area (TPSA) is 51.2 Å². The highest BCUT2D eigenvalue weighted by Gasteiger charge is 2.32. The Labute approximate surface area is 159 Å². The average molecular weight is 386 g/mol. The molecule has 0 atom stereocenters. The van der Waals surface area contributed by atoms with Crippen LogP contribution in [0.3, 0.4) is 0 Å². The van der Waals surface area contributed by atoms with Gasteiger partial charge in [-0.25, -0.2) is 0 Å². The van der Waals surface area contributed by atoms with Crippen molar-refractivity contribution >= 4 is 22.5 Å². The predicted octanol–water partition coefficient (Wildman–Crippen LogP) is 5.29. The third-order valence-electron chi connectivity index (χ3n) is 4.60. The Morgan fingerprint density at radius 2 is 1.93 bits per heavy atom. The first-order valence-electron chi connectivity index (χ1n) is 8.91. The van der Waals surface area contributed by atoms with Gasteiger partial charge in [-0.05, 0) is 49.1 Å². The number of hydrogen-bond donors (Lipinski definition) is 1. The lowest BCUT2D eigenvalue weighted by atomic mass is 10.1. The molecule has 1 fully saturated rings. The summed E-state index contributed by atoms with van der Waals surface area (Å²) in [6.45, 7) is 0.390. The SMILES string of the molecule is O=C(Nc1cccc2cccnc12)c1cc(C(F)(F)F)ccc1OCC1CC1. The zero-order chi connectivity index (χ0) is 19.7. The first kappa shape index (κ1) is 18.3. The number of ether oxygens (including phenoxy) is 1. The van der Waals surface area contributed by atoms with Gasteiger partial charge < -0.3 is 10.1 Å². The Hall–Kier alpha value is -3.09. The van der Waals surface area contributed by atoms with Gasteiger partial charge in [-0.1, -0.05) is 18.2 Å². The molecule has 1 saturated carbocycles. The van der Waals surface area contributed by atoms with Gasteiger partial charge in [-0.3, -0.25) is 9.78 Å². The van der Waals surface area contributed by atoms with Gasteiger partial charge in [0.05, 0.1) is 28.9 Å². The Morgan fingerprint density at radius 1 is 1.14 bits per heavy atom. The molecular formula is C21H17F3N2O2. The van der Waals surface area contributed by atoms with Crippen molar-refractivity contribution in [2.24, 2.45) is 5.92 Å². The van der Waals surface area contributed by atoms with Crippen LogP contribution in [0.1, 0.15) is 28.8 Å². The van der Waals surface area contributed by atoms with Crippen molar-refractivity contribution in [1.29, 1.82) is 0 Å². The molecule has 1 aromatic heterocycles. The molecule has 2 aromatic carbocycles. The van der Waals surface area contributed by atoms with Crippen LogP contribution in [-0.2, 0) is 6.18 Å². The molecule has 1 aliphatic carbocycles. The van der Waals surface area contributed by atoms with E-state index in [1.165, 1.54) is 6.07 Å². The largest absolute Gasteiger partial charge is 0.492 e. The van der Waals surface area contributed by atoms with E-state index in [1.54, 1.807) is 24.4 Å². The summed E-state index contributed by atoms with van der Waals surface area (Å²) in [6, 6.07) is 11.8. The van der Waals surface area contributed by atoms with Crippen molar-refractivity contribution in [3.05, 3.63) is 65.9 Å². The monoisotopic (exact) mass is 386 g/mol. The number of para-hydroxylation sites is 1. The van der Waals surface area contributed by atoms with Crippen LogP contribution in [0.2, 0.25) is 0 Å². The van der Waals surface area contributed by atoms with Crippen molar-refractivity contribution < 1.29 is 22.7 Å². The van der Waals surface area contributed by atoms with Crippen molar-refractivity contribution in [1.82, 2.24) is 4.98 Å². The van der Waals surface area contributed by atoms with Gasteiger partial charge in [-0.2, -0.15) is 13.2 Å². The van der Waals surface area contributed by atoms with Crippen LogP contribution < -0.4 is 10.1 Å². The standard InChI is InChI=1S/C21H17F3N2O2/c22-21(23,24)15-8-9-18(28-12-13-6-7-13)16(11-15)20(27)26-17-5-1-3-14-4-2-10-25-19(14)17/h1-5,8-11,13H,6-7,12H2,(H,26,27). The molecule has 1 heterocycles. The second-order valence-corrected chi connectivity index (χ2v) is 6.80. The van der Waals surface area contributed by atoms with Crippen molar-refractivity contribution in [3.8, 4) is 5.75 Å². The first-order chi connectivity index (χ1) is 13.4. The summed E-state index contributed by atoms with van der Waals surface area (Å²) in [5.74, 6) is -0.124. The number of fused-ring (bicyclic) bond motifs is 1. The van der Waals surface area contributed by atoms with E-state index < -0.39 is 17.6 Å². The maximum absolute atomic E-state index is 13.1. The van der Waals surface area contributed by atoms with Gasteiger partial charge in [0.2, 0.25) is 0 Å². The van der Waals surface area contributed by atoms with E-state index in [2.05, 4.69) is 10.3 Å². The number of carbonyl (C=O) groups is 1. The van der Waals surface area contributed by atoms with E-state index in [1.807, 2.05) is 12.1 Å². The van der Waals surface area contributed by atoms with Crippen molar-refractivity contribution in [2.75, 3.05) is 11.9 Å². The average Bonchev–Trinajstić information content (AvgIpc) is 3.50.